The van der Waals surface area contributed by atoms with Gasteiger partial charge in [0.2, 0.25) is 0 Å². The summed E-state index contributed by atoms with van der Waals surface area (Å²) >= 11 is 0. The largest absolute Gasteiger partial charge is 0.366 e. The number of aromatic nitrogens is 1. The Kier molecular flexibility index (Phi) is 5.83. The third-order valence-corrected chi connectivity index (χ3v) is 5.72. The summed E-state index contributed by atoms with van der Waals surface area (Å²) in [4.78, 5) is 34.9. The molecule has 0 radical (unpaired) electrons. The molecule has 4 rings (SSSR count). The van der Waals surface area contributed by atoms with Crippen molar-refractivity contribution in [2.75, 3.05) is 44.2 Å². The van der Waals surface area contributed by atoms with Crippen LogP contribution in [-0.2, 0) is 0 Å². The summed E-state index contributed by atoms with van der Waals surface area (Å²) in [6, 6.07) is 10.1. The number of piperazine rings is 1. The van der Waals surface area contributed by atoms with E-state index < -0.39 is 0 Å². The Balaban J connectivity index is 1.26. The van der Waals surface area contributed by atoms with E-state index in [1.54, 1.807) is 34.2 Å². The molecule has 8 heteroatoms. The molecule has 2 aromatic rings. The van der Waals surface area contributed by atoms with Crippen LogP contribution in [-0.4, -0.2) is 72.0 Å². The van der Waals surface area contributed by atoms with Gasteiger partial charge in [0.25, 0.3) is 5.91 Å². The summed E-state index contributed by atoms with van der Waals surface area (Å²) < 4.78 is 14.0. The topological polar surface area (TPSA) is 68.8 Å². The third kappa shape index (κ3) is 4.37. The normalized spacial score (nSPS) is 19.1. The standard InChI is InChI=1S/C22H26FN5O2/c1-16-6-7-17(14-24-16)21(29)28-9-8-18(15-28)25-22(30)27-12-10-26(11-13-27)20-5-3-2-4-19(20)23/h2-7,14,18H,8-13,15H2,1H3,(H,25,30)/t18-/m1/s1. The van der Waals surface area contributed by atoms with Crippen molar-refractivity contribution < 1.29 is 14.0 Å². The highest BCUT2D eigenvalue weighted by molar-refractivity contribution is 5.94. The minimum absolute atomic E-state index is 0.0576. The number of pyridine rings is 1. The van der Waals surface area contributed by atoms with Gasteiger partial charge in [-0.15, -0.1) is 0 Å². The van der Waals surface area contributed by atoms with E-state index in [4.69, 9.17) is 0 Å². The number of aryl methyl sites for hydroxylation is 1. The molecule has 3 amide bonds. The SMILES string of the molecule is Cc1ccc(C(=O)N2CC[C@@H](NC(=O)N3CCN(c4ccccc4F)CC3)C2)cn1. The van der Waals surface area contributed by atoms with Gasteiger partial charge in [0, 0.05) is 57.2 Å². The highest BCUT2D eigenvalue weighted by Crippen LogP contribution is 2.20. The molecule has 1 aromatic heterocycles. The van der Waals surface area contributed by atoms with E-state index in [1.165, 1.54) is 6.07 Å². The van der Waals surface area contributed by atoms with E-state index in [0.717, 1.165) is 12.1 Å². The van der Waals surface area contributed by atoms with Crippen molar-refractivity contribution in [2.45, 2.75) is 19.4 Å². The van der Waals surface area contributed by atoms with Crippen LogP contribution in [0, 0.1) is 12.7 Å². The highest BCUT2D eigenvalue weighted by atomic mass is 19.1. The highest BCUT2D eigenvalue weighted by Gasteiger charge is 2.30. The molecule has 0 unspecified atom stereocenters. The van der Waals surface area contributed by atoms with Gasteiger partial charge in [0.15, 0.2) is 0 Å². The van der Waals surface area contributed by atoms with Gasteiger partial charge in [0.05, 0.1) is 11.3 Å². The van der Waals surface area contributed by atoms with E-state index >= 15 is 0 Å². The average molecular weight is 411 g/mol. The number of benzene rings is 1. The summed E-state index contributed by atoms with van der Waals surface area (Å²) in [5.74, 6) is -0.298. The maximum Gasteiger partial charge on any atom is 0.317 e. The second kappa shape index (κ2) is 8.69. The molecule has 2 aliphatic rings. The number of nitrogens with one attached hydrogen (secondary N) is 1. The van der Waals surface area contributed by atoms with Crippen LogP contribution in [0.1, 0.15) is 22.5 Å². The van der Waals surface area contributed by atoms with Gasteiger partial charge in [-0.25, -0.2) is 9.18 Å². The summed E-state index contributed by atoms with van der Waals surface area (Å²) in [7, 11) is 0. The Labute approximate surface area is 175 Å². The van der Waals surface area contributed by atoms with E-state index in [9.17, 15) is 14.0 Å². The molecule has 1 N–H and O–H groups in total. The number of nitrogens with zero attached hydrogens (tertiary/aromatic N) is 4. The van der Waals surface area contributed by atoms with Gasteiger partial charge in [-0.2, -0.15) is 0 Å². The maximum atomic E-state index is 14.0. The lowest BCUT2D eigenvalue weighted by atomic mass is 10.2. The van der Waals surface area contributed by atoms with Crippen molar-refractivity contribution in [3.8, 4) is 0 Å². The quantitative estimate of drug-likeness (QED) is 0.842. The van der Waals surface area contributed by atoms with Crippen LogP contribution in [0.3, 0.4) is 0 Å². The second-order valence-electron chi connectivity index (χ2n) is 7.80. The molecule has 0 saturated carbocycles. The zero-order valence-electron chi connectivity index (χ0n) is 17.1. The molecule has 0 spiro atoms. The minimum atomic E-state index is -0.241. The maximum absolute atomic E-state index is 14.0. The number of rotatable bonds is 3. The van der Waals surface area contributed by atoms with Crippen molar-refractivity contribution in [1.29, 1.82) is 0 Å². The number of likely N-dealkylation sites (tertiary alicyclic amines) is 1. The van der Waals surface area contributed by atoms with Crippen LogP contribution >= 0.6 is 0 Å². The Morgan fingerprint density at radius 1 is 1.03 bits per heavy atom. The Morgan fingerprint density at radius 3 is 2.50 bits per heavy atom. The first-order chi connectivity index (χ1) is 14.5. The van der Waals surface area contributed by atoms with Crippen LogP contribution in [0.25, 0.3) is 0 Å². The first-order valence-corrected chi connectivity index (χ1v) is 10.3. The number of halogens is 1. The molecule has 3 heterocycles. The number of hydrogen-bond acceptors (Lipinski definition) is 4. The molecule has 0 aliphatic carbocycles. The number of amides is 3. The van der Waals surface area contributed by atoms with Crippen LogP contribution in [0.5, 0.6) is 0 Å². The van der Waals surface area contributed by atoms with E-state index in [0.29, 0.717) is 50.5 Å². The van der Waals surface area contributed by atoms with Gasteiger partial charge in [-0.1, -0.05) is 12.1 Å². The first kappa shape index (κ1) is 20.1. The van der Waals surface area contributed by atoms with Gasteiger partial charge in [-0.3, -0.25) is 9.78 Å². The lowest BCUT2D eigenvalue weighted by Crippen LogP contribution is -2.54. The molecule has 30 heavy (non-hydrogen) atoms. The van der Waals surface area contributed by atoms with Crippen LogP contribution in [0.2, 0.25) is 0 Å². The Bertz CT molecular complexity index is 912. The average Bonchev–Trinajstić information content (AvgIpc) is 3.23. The van der Waals surface area contributed by atoms with Crippen molar-refractivity contribution in [3.63, 3.8) is 0 Å². The summed E-state index contributed by atoms with van der Waals surface area (Å²) in [5.41, 5.74) is 2.01. The number of hydrogen-bond donors (Lipinski definition) is 1. The predicted molar refractivity (Wildman–Crippen MR) is 112 cm³/mol. The fourth-order valence-corrected chi connectivity index (χ4v) is 3.96. The van der Waals surface area contributed by atoms with Crippen LogP contribution in [0.4, 0.5) is 14.9 Å². The molecular weight excluding hydrogens is 385 g/mol. The first-order valence-electron chi connectivity index (χ1n) is 10.3. The van der Waals surface area contributed by atoms with E-state index in [2.05, 4.69) is 10.3 Å². The van der Waals surface area contributed by atoms with Gasteiger partial charge >= 0.3 is 6.03 Å². The number of carbonyl (C=O) groups is 2. The Hall–Kier alpha value is -3.16. The van der Waals surface area contributed by atoms with Gasteiger partial charge < -0.3 is 20.0 Å². The van der Waals surface area contributed by atoms with Crippen LogP contribution < -0.4 is 10.2 Å². The van der Waals surface area contributed by atoms with Crippen LogP contribution in [0.15, 0.2) is 42.6 Å². The molecule has 1 atom stereocenters. The molecule has 2 aliphatic heterocycles. The lowest BCUT2D eigenvalue weighted by molar-refractivity contribution is 0.0788. The smallest absolute Gasteiger partial charge is 0.317 e. The minimum Gasteiger partial charge on any atom is -0.366 e. The summed E-state index contributed by atoms with van der Waals surface area (Å²) in [6.45, 7) is 5.22. The van der Waals surface area contributed by atoms with Crippen molar-refractivity contribution >= 4 is 17.6 Å². The monoisotopic (exact) mass is 411 g/mol. The number of urea groups is 1. The Morgan fingerprint density at radius 2 is 1.80 bits per heavy atom. The fraction of sp³-hybridized carbons (Fsp3) is 0.409. The van der Waals surface area contributed by atoms with Gasteiger partial charge in [0.1, 0.15) is 5.82 Å². The van der Waals surface area contributed by atoms with Gasteiger partial charge in [-0.05, 0) is 37.6 Å². The molecule has 2 saturated heterocycles. The molecule has 2 fully saturated rings. The predicted octanol–water partition coefficient (Wildman–Crippen LogP) is 2.28. The number of para-hydroxylation sites is 1. The third-order valence-electron chi connectivity index (χ3n) is 5.72. The van der Waals surface area contributed by atoms with Crippen molar-refractivity contribution in [3.05, 3.63) is 59.7 Å². The van der Waals surface area contributed by atoms with Crippen molar-refractivity contribution in [2.24, 2.45) is 0 Å². The zero-order valence-corrected chi connectivity index (χ0v) is 17.1. The lowest BCUT2D eigenvalue weighted by Gasteiger charge is -2.36. The van der Waals surface area contributed by atoms with E-state index in [1.807, 2.05) is 24.0 Å². The molecule has 158 valence electrons. The number of anilines is 1. The summed E-state index contributed by atoms with van der Waals surface area (Å²) in [6.07, 6.45) is 2.32. The zero-order chi connectivity index (χ0) is 21.1. The molecule has 0 bridgehead atoms. The number of carbonyl (C=O) groups excluding carboxylic acids is 2. The van der Waals surface area contributed by atoms with E-state index in [-0.39, 0.29) is 23.8 Å². The molecule has 1 aromatic carbocycles. The fourth-order valence-electron chi connectivity index (χ4n) is 3.96. The molecule has 7 nitrogen and oxygen atoms in total. The second-order valence-corrected chi connectivity index (χ2v) is 7.80. The summed E-state index contributed by atoms with van der Waals surface area (Å²) in [5, 5.41) is 3.04. The van der Waals surface area contributed by atoms with Crippen molar-refractivity contribution in [1.82, 2.24) is 20.1 Å². The molecular formula is C22H26FN5O2.